The van der Waals surface area contributed by atoms with Gasteiger partial charge in [-0.15, -0.1) is 0 Å². The van der Waals surface area contributed by atoms with Gasteiger partial charge in [-0.3, -0.25) is 0 Å². The Kier molecular flexibility index (Phi) is 13.2. The summed E-state index contributed by atoms with van der Waals surface area (Å²) in [5, 5.41) is 17.6. The van der Waals surface area contributed by atoms with Gasteiger partial charge in [-0.2, -0.15) is 0 Å². The molecule has 4 heterocycles. The Hall–Kier alpha value is -13.3. The predicted molar refractivity (Wildman–Crippen MR) is 425 cm³/mol. The van der Waals surface area contributed by atoms with E-state index in [1.54, 1.807) is 0 Å². The number of benzene rings is 17. The summed E-state index contributed by atoms with van der Waals surface area (Å²) in [4.78, 5) is 0. The third kappa shape index (κ3) is 9.30. The van der Waals surface area contributed by atoms with E-state index in [1.165, 1.54) is 187 Å². The molecule has 0 atom stereocenters. The van der Waals surface area contributed by atoms with E-state index >= 15 is 0 Å². The average molecular weight is 1270 g/mol. The van der Waals surface area contributed by atoms with Crippen molar-refractivity contribution in [3.05, 3.63) is 376 Å². The number of nitrogens with zero attached hydrogens (tertiary/aromatic N) is 4. The van der Waals surface area contributed by atoms with Gasteiger partial charge in [-0.05, 0) is 186 Å². The van der Waals surface area contributed by atoms with E-state index in [-0.39, 0.29) is 0 Å². The van der Waals surface area contributed by atoms with Crippen molar-refractivity contribution in [2.24, 2.45) is 0 Å². The van der Waals surface area contributed by atoms with Crippen molar-refractivity contribution < 1.29 is 0 Å². The van der Waals surface area contributed by atoms with Gasteiger partial charge in [-0.25, -0.2) is 0 Å². The fraction of sp³-hybridized carbons (Fsp3) is 0. The van der Waals surface area contributed by atoms with E-state index in [0.29, 0.717) is 0 Å². The Morgan fingerprint density at radius 2 is 0.420 bits per heavy atom. The smallest absolute Gasteiger partial charge is 0.0547 e. The van der Waals surface area contributed by atoms with Crippen LogP contribution in [0.5, 0.6) is 0 Å². The van der Waals surface area contributed by atoms with Gasteiger partial charge in [0.05, 0.1) is 44.1 Å². The first-order valence-electron chi connectivity index (χ1n) is 34.5. The molecule has 0 aliphatic heterocycles. The second-order valence-electron chi connectivity index (χ2n) is 26.4. The molecule has 0 unspecified atom stereocenters. The fourth-order valence-electron chi connectivity index (χ4n) is 16.1. The zero-order valence-corrected chi connectivity index (χ0v) is 54.6. The summed E-state index contributed by atoms with van der Waals surface area (Å²) in [6.07, 6.45) is 0. The number of rotatable bonds is 8. The molecule has 0 spiro atoms. The predicted octanol–water partition coefficient (Wildman–Crippen LogP) is 25.9. The van der Waals surface area contributed by atoms with Gasteiger partial charge in [0.25, 0.3) is 0 Å². The quantitative estimate of drug-likeness (QED) is 0.144. The van der Waals surface area contributed by atoms with Crippen molar-refractivity contribution in [3.8, 4) is 67.3 Å². The van der Waals surface area contributed by atoms with Crippen LogP contribution in [-0.4, -0.2) is 18.3 Å². The van der Waals surface area contributed by atoms with Crippen molar-refractivity contribution >= 4 is 120 Å². The SMILES string of the molecule is c1ccc(-n2c3ccccc3c3cc(-c4ccc(-c5ccc6c7ccccc7n(-c7ccc8ccccc8c7)c6c5)c5ccccc45)ccc32)cc1.c1ccc(-n2c3ccccc3c3cc(-c4ccc(-c5ccc6c7ccccc7n(-c7ccc8ccccc8c7)c6c5)cc4)ccc32)cc1. The highest BCUT2D eigenvalue weighted by Gasteiger charge is 2.20. The Labute approximate surface area is 577 Å². The van der Waals surface area contributed by atoms with Crippen LogP contribution >= 0.6 is 0 Å². The second-order valence-corrected chi connectivity index (χ2v) is 26.4. The van der Waals surface area contributed by atoms with Crippen molar-refractivity contribution in [3.63, 3.8) is 0 Å². The Balaban J connectivity index is 0.000000135. The maximum absolute atomic E-state index is 2.43. The fourth-order valence-corrected chi connectivity index (χ4v) is 16.1. The molecule has 4 aromatic heterocycles. The van der Waals surface area contributed by atoms with Gasteiger partial charge >= 0.3 is 0 Å². The summed E-state index contributed by atoms with van der Waals surface area (Å²) in [5.74, 6) is 0. The molecule has 0 N–H and O–H groups in total. The van der Waals surface area contributed by atoms with Gasteiger partial charge in [0, 0.05) is 65.8 Å². The molecular weight excluding hydrogens is 1210 g/mol. The monoisotopic (exact) mass is 1270 g/mol. The normalized spacial score (nSPS) is 11.8. The number of para-hydroxylation sites is 6. The van der Waals surface area contributed by atoms with Gasteiger partial charge in [-0.1, -0.05) is 267 Å². The number of hydrogen-bond acceptors (Lipinski definition) is 0. The molecule has 0 saturated carbocycles. The summed E-state index contributed by atoms with van der Waals surface area (Å²) < 4.78 is 9.59. The zero-order valence-electron chi connectivity index (χ0n) is 54.6. The van der Waals surface area contributed by atoms with E-state index in [4.69, 9.17) is 0 Å². The van der Waals surface area contributed by atoms with Crippen LogP contribution in [0.4, 0.5) is 0 Å². The van der Waals surface area contributed by atoms with Crippen LogP contribution < -0.4 is 0 Å². The maximum Gasteiger partial charge on any atom is 0.0547 e. The molecular formula is C96H62N4. The molecule has 466 valence electrons. The highest BCUT2D eigenvalue weighted by Crippen LogP contribution is 2.44. The Bertz CT molecular complexity index is 6820. The minimum absolute atomic E-state index is 1.17. The first-order chi connectivity index (χ1) is 49.6. The molecule has 100 heavy (non-hydrogen) atoms. The van der Waals surface area contributed by atoms with Crippen LogP contribution in [0, 0.1) is 0 Å². The Morgan fingerprint density at radius 3 is 0.880 bits per heavy atom. The highest BCUT2D eigenvalue weighted by molar-refractivity contribution is 6.16. The highest BCUT2D eigenvalue weighted by atomic mass is 15.0. The number of hydrogen-bond donors (Lipinski definition) is 0. The van der Waals surface area contributed by atoms with Crippen LogP contribution in [0.3, 0.4) is 0 Å². The van der Waals surface area contributed by atoms with Crippen LogP contribution in [-0.2, 0) is 0 Å². The second kappa shape index (κ2) is 23.2. The van der Waals surface area contributed by atoms with Crippen LogP contribution in [0.2, 0.25) is 0 Å². The standard InChI is InChI=1S/C50H32N2.C46H30N2/c1-2-14-37(15-3-1)51-48-21-11-9-19-44(48)46-31-35(24-29-49(46)51)39-27-28-40(42-17-7-6-16-41(39)42)36-23-26-45-43-18-8-10-20-47(43)52(50(45)32-36)38-25-22-33-12-4-5-13-34(33)30-38;1-2-12-37(13-3-1)47-44-17-9-7-15-40(44)42-29-35(24-27-45(42)47)32-18-20-33(21-19-32)36-23-26-41-39-14-6-8-16-43(39)48(46(41)30-36)38-25-22-31-10-4-5-11-34(31)28-38/h1-32H;1-30H. The minimum Gasteiger partial charge on any atom is -0.309 e. The first-order valence-corrected chi connectivity index (χ1v) is 34.5. The van der Waals surface area contributed by atoms with E-state index < -0.39 is 0 Å². The molecule has 0 bridgehead atoms. The van der Waals surface area contributed by atoms with E-state index in [1.807, 2.05) is 0 Å². The average Bonchev–Trinajstić information content (AvgIpc) is 1.61. The largest absolute Gasteiger partial charge is 0.309 e. The molecule has 21 rings (SSSR count). The molecule has 4 nitrogen and oxygen atoms in total. The molecule has 0 saturated heterocycles. The van der Waals surface area contributed by atoms with Crippen molar-refractivity contribution in [2.75, 3.05) is 0 Å². The topological polar surface area (TPSA) is 19.7 Å². The molecule has 0 aliphatic carbocycles. The lowest BCUT2D eigenvalue weighted by Gasteiger charge is -2.14. The summed E-state index contributed by atoms with van der Waals surface area (Å²) in [6.45, 7) is 0. The first kappa shape index (κ1) is 57.0. The lowest BCUT2D eigenvalue weighted by Crippen LogP contribution is -1.94. The van der Waals surface area contributed by atoms with Gasteiger partial charge in [0.15, 0.2) is 0 Å². The molecule has 17 aromatic carbocycles. The van der Waals surface area contributed by atoms with E-state index in [0.717, 1.165) is 0 Å². The van der Waals surface area contributed by atoms with Crippen LogP contribution in [0.15, 0.2) is 376 Å². The van der Waals surface area contributed by atoms with Crippen LogP contribution in [0.25, 0.3) is 187 Å². The molecule has 0 fully saturated rings. The summed E-state index contributed by atoms with van der Waals surface area (Å²) in [6, 6.07) is 137. The summed E-state index contributed by atoms with van der Waals surface area (Å²) in [5.41, 5.74) is 24.2. The summed E-state index contributed by atoms with van der Waals surface area (Å²) >= 11 is 0. The van der Waals surface area contributed by atoms with Crippen molar-refractivity contribution in [1.82, 2.24) is 18.3 Å². The third-order valence-corrected chi connectivity index (χ3v) is 20.8. The zero-order chi connectivity index (χ0) is 65.8. The Morgan fingerprint density at radius 1 is 0.130 bits per heavy atom. The molecule has 21 aromatic rings. The summed E-state index contributed by atoms with van der Waals surface area (Å²) in [7, 11) is 0. The minimum atomic E-state index is 1.17. The lowest BCUT2D eigenvalue weighted by atomic mass is 9.91. The third-order valence-electron chi connectivity index (χ3n) is 20.8. The van der Waals surface area contributed by atoms with E-state index in [9.17, 15) is 0 Å². The maximum atomic E-state index is 2.43. The lowest BCUT2D eigenvalue weighted by molar-refractivity contribution is 1.18. The van der Waals surface area contributed by atoms with Gasteiger partial charge in [0.2, 0.25) is 0 Å². The van der Waals surface area contributed by atoms with E-state index in [2.05, 4.69) is 394 Å². The molecule has 4 heteroatoms. The number of aromatic nitrogens is 4. The molecule has 0 amide bonds. The molecule has 0 radical (unpaired) electrons. The van der Waals surface area contributed by atoms with Gasteiger partial charge < -0.3 is 18.3 Å². The van der Waals surface area contributed by atoms with Crippen molar-refractivity contribution in [1.29, 1.82) is 0 Å². The molecule has 0 aliphatic rings. The van der Waals surface area contributed by atoms with Gasteiger partial charge in [0.1, 0.15) is 0 Å². The van der Waals surface area contributed by atoms with Crippen molar-refractivity contribution in [2.45, 2.75) is 0 Å². The number of fused-ring (bicyclic) bond motifs is 15. The van der Waals surface area contributed by atoms with Crippen LogP contribution in [0.1, 0.15) is 0 Å².